The molecule has 4 rings (SSSR count). The molecule has 5 nitrogen and oxygen atoms in total. The fourth-order valence-electron chi connectivity index (χ4n) is 3.18. The van der Waals surface area contributed by atoms with Crippen LogP contribution in [0.2, 0.25) is 0 Å². The minimum absolute atomic E-state index is 0.0770. The van der Waals surface area contributed by atoms with Crippen LogP contribution in [0.3, 0.4) is 0 Å². The third-order valence-corrected chi connectivity index (χ3v) is 4.08. The van der Waals surface area contributed by atoms with Gasteiger partial charge in [-0.05, 0) is 31.4 Å². The summed E-state index contributed by atoms with van der Waals surface area (Å²) in [6, 6.07) is 10.6. The molecule has 0 spiro atoms. The summed E-state index contributed by atoms with van der Waals surface area (Å²) in [5.41, 5.74) is 4.50. The average Bonchev–Trinajstić information content (AvgIpc) is 2.90. The van der Waals surface area contributed by atoms with Gasteiger partial charge in [-0.3, -0.25) is 4.40 Å². The number of nitrogens with one attached hydrogen (secondary N) is 1. The second kappa shape index (κ2) is 4.63. The van der Waals surface area contributed by atoms with Crippen molar-refractivity contribution in [1.82, 2.24) is 24.9 Å². The van der Waals surface area contributed by atoms with E-state index in [1.807, 2.05) is 24.3 Å². The second-order valence-electron chi connectivity index (χ2n) is 5.53. The largest absolute Gasteiger partial charge is 0.303 e. The first kappa shape index (κ1) is 12.5. The van der Waals surface area contributed by atoms with Crippen molar-refractivity contribution in [1.29, 1.82) is 0 Å². The van der Waals surface area contributed by atoms with E-state index in [0.29, 0.717) is 0 Å². The number of nitrogens with zero attached hydrogens (tertiary/aromatic N) is 4. The first-order valence-electron chi connectivity index (χ1n) is 7.24. The molecule has 1 unspecified atom stereocenters. The van der Waals surface area contributed by atoms with E-state index in [1.165, 1.54) is 11.1 Å². The molecular formula is C16H17N5. The molecule has 2 aromatic heterocycles. The molecule has 3 heterocycles. The van der Waals surface area contributed by atoms with Gasteiger partial charge in [-0.2, -0.15) is 0 Å². The second-order valence-corrected chi connectivity index (χ2v) is 5.53. The van der Waals surface area contributed by atoms with Crippen molar-refractivity contribution in [2.75, 3.05) is 6.54 Å². The van der Waals surface area contributed by atoms with Gasteiger partial charge in [-0.1, -0.05) is 24.3 Å². The van der Waals surface area contributed by atoms with Crippen LogP contribution in [-0.4, -0.2) is 26.1 Å². The Morgan fingerprint density at radius 2 is 2.05 bits per heavy atom. The molecule has 21 heavy (non-hydrogen) atoms. The molecule has 0 fully saturated rings. The predicted molar refractivity (Wildman–Crippen MR) is 80.2 cm³/mol. The number of benzene rings is 1. The fraction of sp³-hybridized carbons (Fsp3) is 0.312. The molecule has 0 aliphatic carbocycles. The van der Waals surface area contributed by atoms with Crippen molar-refractivity contribution in [3.63, 3.8) is 0 Å². The molecule has 1 aliphatic heterocycles. The van der Waals surface area contributed by atoms with Gasteiger partial charge in [0.2, 0.25) is 0 Å². The van der Waals surface area contributed by atoms with Gasteiger partial charge in [0.1, 0.15) is 5.82 Å². The van der Waals surface area contributed by atoms with Crippen molar-refractivity contribution in [3.8, 4) is 0 Å². The topological polar surface area (TPSA) is 55.1 Å². The van der Waals surface area contributed by atoms with Gasteiger partial charge in [-0.25, -0.2) is 4.98 Å². The number of fused-ring (bicyclic) bond motifs is 2. The van der Waals surface area contributed by atoms with Crippen LogP contribution in [0.5, 0.6) is 0 Å². The maximum Gasteiger partial charge on any atom is 0.164 e. The summed E-state index contributed by atoms with van der Waals surface area (Å²) in [4.78, 5) is 4.54. The lowest BCUT2D eigenvalue weighted by atomic mass is 9.94. The fourth-order valence-corrected chi connectivity index (χ4v) is 3.18. The lowest BCUT2D eigenvalue weighted by Gasteiger charge is -2.25. The third kappa shape index (κ3) is 1.93. The number of hydrogen-bond acceptors (Lipinski definition) is 4. The zero-order valence-corrected chi connectivity index (χ0v) is 12.2. The number of hydrogen-bond donors (Lipinski definition) is 1. The summed E-state index contributed by atoms with van der Waals surface area (Å²) < 4.78 is 2.05. The maximum absolute atomic E-state index is 4.54. The highest BCUT2D eigenvalue weighted by Gasteiger charge is 2.25. The molecule has 1 aliphatic rings. The Labute approximate surface area is 123 Å². The molecule has 0 saturated heterocycles. The van der Waals surface area contributed by atoms with Gasteiger partial charge in [-0.15, -0.1) is 10.2 Å². The quantitative estimate of drug-likeness (QED) is 0.740. The van der Waals surface area contributed by atoms with Crippen molar-refractivity contribution >= 4 is 5.65 Å². The van der Waals surface area contributed by atoms with Crippen molar-refractivity contribution in [2.45, 2.75) is 26.3 Å². The molecule has 1 aromatic carbocycles. The molecule has 0 saturated carbocycles. The molecule has 0 amide bonds. The summed E-state index contributed by atoms with van der Waals surface area (Å²) >= 11 is 0. The number of rotatable bonds is 1. The summed E-state index contributed by atoms with van der Waals surface area (Å²) in [7, 11) is 0. The molecule has 0 radical (unpaired) electrons. The van der Waals surface area contributed by atoms with Crippen LogP contribution in [-0.2, 0) is 6.42 Å². The standard InChI is InChI=1S/C16H17N5/c1-10-9-14-19-20-16(21(14)11(2)18-10)15-13-6-4-3-5-12(13)7-8-17-15/h3-6,9,15,17H,7-8H2,1-2H3. The smallest absolute Gasteiger partial charge is 0.164 e. The van der Waals surface area contributed by atoms with E-state index in [4.69, 9.17) is 0 Å². The normalized spacial score (nSPS) is 17.9. The SMILES string of the molecule is Cc1cc2nnc(C3NCCc4ccccc43)n2c(C)n1. The van der Waals surface area contributed by atoms with Crippen LogP contribution in [0.4, 0.5) is 0 Å². The van der Waals surface area contributed by atoms with Gasteiger partial charge in [0, 0.05) is 18.3 Å². The Bertz CT molecular complexity index is 821. The van der Waals surface area contributed by atoms with Crippen LogP contribution in [0.15, 0.2) is 30.3 Å². The van der Waals surface area contributed by atoms with Gasteiger partial charge < -0.3 is 5.32 Å². The zero-order chi connectivity index (χ0) is 14.4. The van der Waals surface area contributed by atoms with Gasteiger partial charge in [0.15, 0.2) is 11.5 Å². The van der Waals surface area contributed by atoms with Crippen LogP contribution >= 0.6 is 0 Å². The summed E-state index contributed by atoms with van der Waals surface area (Å²) in [5, 5.41) is 12.3. The van der Waals surface area contributed by atoms with Crippen molar-refractivity contribution in [2.24, 2.45) is 0 Å². The number of aromatic nitrogens is 4. The van der Waals surface area contributed by atoms with Crippen LogP contribution in [0.1, 0.15) is 34.5 Å². The monoisotopic (exact) mass is 279 g/mol. The highest BCUT2D eigenvalue weighted by atomic mass is 15.3. The van der Waals surface area contributed by atoms with E-state index in [9.17, 15) is 0 Å². The highest BCUT2D eigenvalue weighted by Crippen LogP contribution is 2.28. The first-order valence-corrected chi connectivity index (χ1v) is 7.24. The Kier molecular flexibility index (Phi) is 2.75. The van der Waals surface area contributed by atoms with E-state index in [0.717, 1.165) is 36.0 Å². The summed E-state index contributed by atoms with van der Waals surface area (Å²) in [5.74, 6) is 1.84. The Morgan fingerprint density at radius 3 is 2.95 bits per heavy atom. The van der Waals surface area contributed by atoms with Gasteiger partial charge in [0.05, 0.1) is 6.04 Å². The van der Waals surface area contributed by atoms with Crippen molar-refractivity contribution < 1.29 is 0 Å². The summed E-state index contributed by atoms with van der Waals surface area (Å²) in [6.45, 7) is 4.94. The lowest BCUT2D eigenvalue weighted by molar-refractivity contribution is 0.537. The highest BCUT2D eigenvalue weighted by molar-refractivity contribution is 5.43. The van der Waals surface area contributed by atoms with Gasteiger partial charge in [0.25, 0.3) is 0 Å². The Balaban J connectivity index is 1.92. The van der Waals surface area contributed by atoms with E-state index in [1.54, 1.807) is 0 Å². The molecule has 5 heteroatoms. The average molecular weight is 279 g/mol. The number of aryl methyl sites for hydroxylation is 2. The minimum Gasteiger partial charge on any atom is -0.303 e. The van der Waals surface area contributed by atoms with Gasteiger partial charge >= 0.3 is 0 Å². The molecule has 3 aromatic rings. The molecular weight excluding hydrogens is 262 g/mol. The van der Waals surface area contributed by atoms with Crippen LogP contribution < -0.4 is 5.32 Å². The van der Waals surface area contributed by atoms with Crippen LogP contribution in [0.25, 0.3) is 5.65 Å². The minimum atomic E-state index is 0.0770. The Hall–Kier alpha value is -2.27. The Morgan fingerprint density at radius 1 is 1.19 bits per heavy atom. The zero-order valence-electron chi connectivity index (χ0n) is 12.2. The lowest BCUT2D eigenvalue weighted by Crippen LogP contribution is -2.32. The van der Waals surface area contributed by atoms with E-state index in [2.05, 4.69) is 44.8 Å². The van der Waals surface area contributed by atoms with Crippen molar-refractivity contribution in [3.05, 3.63) is 58.8 Å². The first-order chi connectivity index (χ1) is 10.2. The van der Waals surface area contributed by atoms with E-state index < -0.39 is 0 Å². The maximum atomic E-state index is 4.54. The van der Waals surface area contributed by atoms with E-state index in [-0.39, 0.29) is 6.04 Å². The van der Waals surface area contributed by atoms with E-state index >= 15 is 0 Å². The predicted octanol–water partition coefficient (Wildman–Crippen LogP) is 1.98. The molecule has 1 N–H and O–H groups in total. The van der Waals surface area contributed by atoms with Crippen LogP contribution in [0, 0.1) is 13.8 Å². The summed E-state index contributed by atoms with van der Waals surface area (Å²) in [6.07, 6.45) is 1.06. The molecule has 1 atom stereocenters. The molecule has 0 bridgehead atoms. The molecule has 106 valence electrons. The third-order valence-electron chi connectivity index (χ3n) is 4.08.